The minimum absolute atomic E-state index is 0.113. The highest BCUT2D eigenvalue weighted by atomic mass is 16.5. The number of aromatic nitrogens is 1. The number of ether oxygens (including phenoxy) is 1. The first-order valence-electron chi connectivity index (χ1n) is 7.48. The lowest BCUT2D eigenvalue weighted by Crippen LogP contribution is -2.49. The molecule has 22 heavy (non-hydrogen) atoms. The molecule has 0 saturated carbocycles. The summed E-state index contributed by atoms with van der Waals surface area (Å²) in [7, 11) is 3.57. The molecule has 0 spiro atoms. The molecule has 0 N–H and O–H groups in total. The van der Waals surface area contributed by atoms with Crippen LogP contribution in [0.3, 0.4) is 0 Å². The van der Waals surface area contributed by atoms with Crippen LogP contribution in [0.2, 0.25) is 0 Å². The van der Waals surface area contributed by atoms with Gasteiger partial charge in [0.1, 0.15) is 11.4 Å². The number of rotatable bonds is 3. The molecule has 1 aliphatic rings. The maximum absolute atomic E-state index is 12.5. The van der Waals surface area contributed by atoms with Gasteiger partial charge >= 0.3 is 0 Å². The highest BCUT2D eigenvalue weighted by molar-refractivity contribution is 5.92. The molecule has 5 heteroatoms. The van der Waals surface area contributed by atoms with Gasteiger partial charge in [0.2, 0.25) is 0 Å². The first-order chi connectivity index (χ1) is 10.7. The van der Waals surface area contributed by atoms with E-state index in [2.05, 4.69) is 17.0 Å². The third-order valence-corrected chi connectivity index (χ3v) is 4.17. The fourth-order valence-electron chi connectivity index (χ4n) is 2.81. The molecule has 2 aromatic rings. The van der Waals surface area contributed by atoms with Gasteiger partial charge in [-0.1, -0.05) is 0 Å². The Morgan fingerprint density at radius 1 is 1.05 bits per heavy atom. The third-order valence-electron chi connectivity index (χ3n) is 4.17. The molecule has 3 rings (SSSR count). The third kappa shape index (κ3) is 2.79. The van der Waals surface area contributed by atoms with E-state index >= 15 is 0 Å². The summed E-state index contributed by atoms with van der Waals surface area (Å²) in [5, 5.41) is 0. The summed E-state index contributed by atoms with van der Waals surface area (Å²) in [6.07, 6.45) is 1.90. The van der Waals surface area contributed by atoms with Crippen molar-refractivity contribution in [2.75, 3.05) is 38.2 Å². The maximum Gasteiger partial charge on any atom is 0.270 e. The van der Waals surface area contributed by atoms with Gasteiger partial charge in [-0.05, 0) is 36.4 Å². The summed E-state index contributed by atoms with van der Waals surface area (Å²) >= 11 is 0. The van der Waals surface area contributed by atoms with Crippen LogP contribution in [0, 0.1) is 0 Å². The van der Waals surface area contributed by atoms with E-state index in [0.717, 1.165) is 37.6 Å². The second kappa shape index (κ2) is 6.13. The van der Waals surface area contributed by atoms with Gasteiger partial charge in [-0.15, -0.1) is 0 Å². The molecule has 116 valence electrons. The van der Waals surface area contributed by atoms with Crippen LogP contribution in [-0.4, -0.2) is 48.7 Å². The lowest BCUT2D eigenvalue weighted by atomic mass is 10.2. The predicted octanol–water partition coefficient (Wildman–Crippen LogP) is 2.00. The molecule has 1 amide bonds. The zero-order chi connectivity index (χ0) is 15.5. The number of carbonyl (C=O) groups excluding carboxylic acids is 1. The summed E-state index contributed by atoms with van der Waals surface area (Å²) in [4.78, 5) is 16.7. The van der Waals surface area contributed by atoms with Crippen LogP contribution in [0.25, 0.3) is 0 Å². The van der Waals surface area contributed by atoms with Gasteiger partial charge in [0.15, 0.2) is 0 Å². The van der Waals surface area contributed by atoms with E-state index < -0.39 is 0 Å². The van der Waals surface area contributed by atoms with Gasteiger partial charge in [-0.25, -0.2) is 0 Å². The Morgan fingerprint density at radius 3 is 2.27 bits per heavy atom. The number of methoxy groups -OCH3 is 1. The van der Waals surface area contributed by atoms with Crippen LogP contribution >= 0.6 is 0 Å². The monoisotopic (exact) mass is 299 g/mol. The van der Waals surface area contributed by atoms with E-state index in [1.807, 2.05) is 47.0 Å². The highest BCUT2D eigenvalue weighted by Gasteiger charge is 2.23. The zero-order valence-electron chi connectivity index (χ0n) is 13.0. The lowest BCUT2D eigenvalue weighted by molar-refractivity contribution is 0.0737. The Bertz CT molecular complexity index is 640. The second-order valence-electron chi connectivity index (χ2n) is 5.48. The summed E-state index contributed by atoms with van der Waals surface area (Å²) in [5.74, 6) is 0.975. The molecule has 1 aromatic carbocycles. The van der Waals surface area contributed by atoms with E-state index in [0.29, 0.717) is 0 Å². The Hall–Kier alpha value is -2.43. The Kier molecular flexibility index (Phi) is 4.04. The summed E-state index contributed by atoms with van der Waals surface area (Å²) in [6.45, 7) is 3.19. The number of benzene rings is 1. The van der Waals surface area contributed by atoms with E-state index in [-0.39, 0.29) is 5.91 Å². The van der Waals surface area contributed by atoms with E-state index in [4.69, 9.17) is 4.74 Å². The summed E-state index contributed by atoms with van der Waals surface area (Å²) in [5.41, 5.74) is 1.92. The van der Waals surface area contributed by atoms with Crippen molar-refractivity contribution in [3.8, 4) is 5.75 Å². The molecule has 5 nitrogen and oxygen atoms in total. The average molecular weight is 299 g/mol. The first-order valence-corrected chi connectivity index (χ1v) is 7.48. The van der Waals surface area contributed by atoms with Crippen molar-refractivity contribution in [3.05, 3.63) is 48.3 Å². The van der Waals surface area contributed by atoms with Gasteiger partial charge in [-0.2, -0.15) is 0 Å². The van der Waals surface area contributed by atoms with Gasteiger partial charge in [0.25, 0.3) is 5.91 Å². The molecule has 0 radical (unpaired) electrons. The van der Waals surface area contributed by atoms with E-state index in [1.165, 1.54) is 5.69 Å². The summed E-state index contributed by atoms with van der Waals surface area (Å²) in [6, 6.07) is 11.8. The Balaban J connectivity index is 1.62. The largest absolute Gasteiger partial charge is 0.497 e. The lowest BCUT2D eigenvalue weighted by Gasteiger charge is -2.36. The van der Waals surface area contributed by atoms with Crippen molar-refractivity contribution in [2.24, 2.45) is 7.05 Å². The van der Waals surface area contributed by atoms with Gasteiger partial charge in [0, 0.05) is 45.1 Å². The normalized spacial score (nSPS) is 15.0. The van der Waals surface area contributed by atoms with Crippen LogP contribution in [0.4, 0.5) is 5.69 Å². The molecule has 1 fully saturated rings. The fraction of sp³-hybridized carbons (Fsp3) is 0.353. The van der Waals surface area contributed by atoms with Crippen LogP contribution in [0.1, 0.15) is 10.5 Å². The number of amides is 1. The minimum Gasteiger partial charge on any atom is -0.497 e. The number of carbonyl (C=O) groups is 1. The second-order valence-corrected chi connectivity index (χ2v) is 5.48. The average Bonchev–Trinajstić information content (AvgIpc) is 3.00. The molecular formula is C17H21N3O2. The predicted molar refractivity (Wildman–Crippen MR) is 86.5 cm³/mol. The van der Waals surface area contributed by atoms with Crippen LogP contribution in [0.15, 0.2) is 42.6 Å². The van der Waals surface area contributed by atoms with Crippen molar-refractivity contribution in [1.29, 1.82) is 0 Å². The number of nitrogens with zero attached hydrogens (tertiary/aromatic N) is 3. The fourth-order valence-corrected chi connectivity index (χ4v) is 2.81. The molecule has 0 unspecified atom stereocenters. The molecular weight excluding hydrogens is 278 g/mol. The van der Waals surface area contributed by atoms with Gasteiger partial charge in [-0.3, -0.25) is 4.79 Å². The van der Waals surface area contributed by atoms with Crippen molar-refractivity contribution >= 4 is 11.6 Å². The topological polar surface area (TPSA) is 37.7 Å². The first kappa shape index (κ1) is 14.5. The van der Waals surface area contributed by atoms with Crippen molar-refractivity contribution in [2.45, 2.75) is 0 Å². The van der Waals surface area contributed by atoms with Gasteiger partial charge < -0.3 is 19.1 Å². The van der Waals surface area contributed by atoms with Gasteiger partial charge in [0.05, 0.1) is 7.11 Å². The van der Waals surface area contributed by atoms with E-state index in [9.17, 15) is 4.79 Å². The van der Waals surface area contributed by atoms with Crippen LogP contribution < -0.4 is 9.64 Å². The van der Waals surface area contributed by atoms with E-state index in [1.54, 1.807) is 7.11 Å². The molecule has 2 heterocycles. The molecule has 0 atom stereocenters. The number of anilines is 1. The zero-order valence-corrected chi connectivity index (χ0v) is 13.0. The van der Waals surface area contributed by atoms with Crippen molar-refractivity contribution in [3.63, 3.8) is 0 Å². The Labute approximate surface area is 130 Å². The van der Waals surface area contributed by atoms with Crippen LogP contribution in [-0.2, 0) is 7.05 Å². The van der Waals surface area contributed by atoms with Crippen LogP contribution in [0.5, 0.6) is 5.75 Å². The van der Waals surface area contributed by atoms with Crippen molar-refractivity contribution < 1.29 is 9.53 Å². The number of hydrogen-bond acceptors (Lipinski definition) is 3. The SMILES string of the molecule is COc1ccc(N2CCN(C(=O)c3cccn3C)CC2)cc1. The molecule has 1 aromatic heterocycles. The minimum atomic E-state index is 0.113. The molecule has 1 saturated heterocycles. The maximum atomic E-state index is 12.5. The number of piperazine rings is 1. The van der Waals surface area contributed by atoms with Crippen molar-refractivity contribution in [1.82, 2.24) is 9.47 Å². The quantitative estimate of drug-likeness (QED) is 0.870. The standard InChI is InChI=1S/C17H21N3O2/c1-18-9-3-4-16(18)17(21)20-12-10-19(11-13-20)14-5-7-15(22-2)8-6-14/h3-9H,10-13H2,1-2H3. The molecule has 1 aliphatic heterocycles. The molecule has 0 bridgehead atoms. The number of hydrogen-bond donors (Lipinski definition) is 0. The smallest absolute Gasteiger partial charge is 0.270 e. The highest BCUT2D eigenvalue weighted by Crippen LogP contribution is 2.21. The molecule has 0 aliphatic carbocycles. The summed E-state index contributed by atoms with van der Waals surface area (Å²) < 4.78 is 7.06. The Morgan fingerprint density at radius 2 is 1.73 bits per heavy atom. The number of aryl methyl sites for hydroxylation is 1.